The first-order valence-electron chi connectivity index (χ1n) is 24.3. The normalized spacial score (nSPS) is 37.1. The van der Waals surface area contributed by atoms with Gasteiger partial charge in [-0.1, -0.05) is 109 Å². The maximum atomic E-state index is 12.6. The van der Waals surface area contributed by atoms with Crippen molar-refractivity contribution in [2.45, 2.75) is 226 Å². The molecule has 5 aliphatic rings. The Balaban J connectivity index is 1.05. The monoisotopic (exact) mass is 811 g/mol. The van der Waals surface area contributed by atoms with Crippen molar-refractivity contribution in [3.8, 4) is 0 Å². The highest BCUT2D eigenvalue weighted by atomic mass is 16.7. The summed E-state index contributed by atoms with van der Waals surface area (Å²) in [6.45, 7) is 18.6. The first-order chi connectivity index (χ1) is 27.8. The van der Waals surface area contributed by atoms with Crippen LogP contribution in [0, 0.1) is 46.3 Å². The SMILES string of the molecule is C=C(C)[C@@H](CC)CC[C@@H](C)[C@H]1CC[C@H]2[C@@H]3CC=C4C[C@@H](O[C@@H]5O[C@H](COC(=O)CCCCCCC/C=C/CCCCCC)[C@@H](O)[C@H](O)[C@H]5O)CC[C@]4(C)[C@H]3CC[C@]12C. The molecular weight excluding hydrogens is 725 g/mol. The van der Waals surface area contributed by atoms with Crippen LogP contribution in [0.2, 0.25) is 0 Å². The summed E-state index contributed by atoms with van der Waals surface area (Å²) >= 11 is 0. The molecule has 0 aromatic rings. The van der Waals surface area contributed by atoms with Crippen LogP contribution < -0.4 is 0 Å². The lowest BCUT2D eigenvalue weighted by Crippen LogP contribution is -2.60. The zero-order chi connectivity index (χ0) is 41.9. The van der Waals surface area contributed by atoms with Gasteiger partial charge in [-0.25, -0.2) is 0 Å². The number of esters is 1. The number of aliphatic hydroxyl groups is 3. The van der Waals surface area contributed by atoms with Gasteiger partial charge in [-0.05, 0) is 156 Å². The number of rotatable bonds is 23. The van der Waals surface area contributed by atoms with Crippen LogP contribution in [0.25, 0.3) is 0 Å². The topological polar surface area (TPSA) is 105 Å². The quantitative estimate of drug-likeness (QED) is 0.0536. The van der Waals surface area contributed by atoms with Crippen molar-refractivity contribution in [3.05, 3.63) is 36.0 Å². The molecule has 1 heterocycles. The molecule has 0 aromatic heterocycles. The number of allylic oxidation sites excluding steroid dienone is 4. The minimum absolute atomic E-state index is 0.149. The molecule has 3 N–H and O–H groups in total. The van der Waals surface area contributed by atoms with E-state index in [1.54, 1.807) is 0 Å². The van der Waals surface area contributed by atoms with E-state index in [2.05, 4.69) is 66.3 Å². The van der Waals surface area contributed by atoms with Gasteiger partial charge in [-0.15, -0.1) is 0 Å². The Labute approximate surface area is 354 Å². The molecule has 0 unspecified atom stereocenters. The number of aliphatic hydroxyl groups excluding tert-OH is 3. The molecule has 0 bridgehead atoms. The van der Waals surface area contributed by atoms with Gasteiger partial charge in [0, 0.05) is 6.42 Å². The molecule has 332 valence electrons. The minimum atomic E-state index is -1.45. The van der Waals surface area contributed by atoms with Crippen LogP contribution in [0.5, 0.6) is 0 Å². The van der Waals surface area contributed by atoms with Crippen LogP contribution in [-0.4, -0.2) is 64.7 Å². The maximum Gasteiger partial charge on any atom is 0.305 e. The summed E-state index contributed by atoms with van der Waals surface area (Å²) < 4.78 is 18.0. The van der Waals surface area contributed by atoms with Gasteiger partial charge in [-0.2, -0.15) is 0 Å². The zero-order valence-electron chi connectivity index (χ0n) is 37.8. The molecule has 7 nitrogen and oxygen atoms in total. The van der Waals surface area contributed by atoms with E-state index < -0.39 is 30.7 Å². The van der Waals surface area contributed by atoms with Gasteiger partial charge in [0.15, 0.2) is 6.29 Å². The number of carbonyl (C=O) groups is 1. The van der Waals surface area contributed by atoms with Crippen LogP contribution in [0.15, 0.2) is 36.0 Å². The first kappa shape index (κ1) is 47.5. The summed E-state index contributed by atoms with van der Waals surface area (Å²) in [5, 5.41) is 32.5. The predicted octanol–water partition coefficient (Wildman–Crippen LogP) is 11.6. The van der Waals surface area contributed by atoms with Gasteiger partial charge in [0.25, 0.3) is 0 Å². The minimum Gasteiger partial charge on any atom is -0.463 e. The second kappa shape index (κ2) is 22.5. The molecule has 58 heavy (non-hydrogen) atoms. The van der Waals surface area contributed by atoms with Crippen LogP contribution >= 0.6 is 0 Å². The Bertz CT molecular complexity index is 1340. The second-order valence-electron chi connectivity index (χ2n) is 20.3. The molecule has 4 aliphatic carbocycles. The molecular formula is C51H86O7. The fourth-order valence-electron chi connectivity index (χ4n) is 12.8. The van der Waals surface area contributed by atoms with E-state index >= 15 is 0 Å². The molecule has 3 saturated carbocycles. The largest absolute Gasteiger partial charge is 0.463 e. The molecule has 1 saturated heterocycles. The van der Waals surface area contributed by atoms with E-state index in [0.717, 1.165) is 81.5 Å². The Morgan fingerprint density at radius 2 is 1.60 bits per heavy atom. The van der Waals surface area contributed by atoms with Crippen molar-refractivity contribution in [3.63, 3.8) is 0 Å². The van der Waals surface area contributed by atoms with E-state index in [1.807, 2.05) is 0 Å². The lowest BCUT2D eigenvalue weighted by Gasteiger charge is -2.58. The lowest BCUT2D eigenvalue weighted by molar-refractivity contribution is -0.313. The van der Waals surface area contributed by atoms with Crippen molar-refractivity contribution < 1.29 is 34.3 Å². The number of hydrogen-bond acceptors (Lipinski definition) is 7. The molecule has 1 aliphatic heterocycles. The molecule has 0 aromatic carbocycles. The Kier molecular flexibility index (Phi) is 18.5. The number of fused-ring (bicyclic) bond motifs is 5. The second-order valence-corrected chi connectivity index (χ2v) is 20.3. The first-order valence-corrected chi connectivity index (χ1v) is 24.3. The van der Waals surface area contributed by atoms with Crippen molar-refractivity contribution in [2.24, 2.45) is 46.3 Å². The average Bonchev–Trinajstić information content (AvgIpc) is 3.56. The summed E-state index contributed by atoms with van der Waals surface area (Å²) in [5.41, 5.74) is 3.43. The van der Waals surface area contributed by atoms with Gasteiger partial charge in [0.2, 0.25) is 0 Å². The Hall–Kier alpha value is -1.51. The van der Waals surface area contributed by atoms with Gasteiger partial charge in [0.1, 0.15) is 31.0 Å². The van der Waals surface area contributed by atoms with E-state index in [4.69, 9.17) is 14.2 Å². The molecule has 5 rings (SSSR count). The number of unbranched alkanes of at least 4 members (excludes halogenated alkanes) is 9. The van der Waals surface area contributed by atoms with E-state index in [-0.39, 0.29) is 24.1 Å². The van der Waals surface area contributed by atoms with Crippen molar-refractivity contribution in [1.82, 2.24) is 0 Å². The van der Waals surface area contributed by atoms with Crippen molar-refractivity contribution in [1.29, 1.82) is 0 Å². The third-order valence-electron chi connectivity index (χ3n) is 16.5. The van der Waals surface area contributed by atoms with Crippen LogP contribution in [-0.2, 0) is 19.0 Å². The molecule has 4 fully saturated rings. The third-order valence-corrected chi connectivity index (χ3v) is 16.5. The fourth-order valence-corrected chi connectivity index (χ4v) is 12.8. The summed E-state index contributed by atoms with van der Waals surface area (Å²) in [5.74, 6) is 4.13. The number of hydrogen-bond donors (Lipinski definition) is 3. The van der Waals surface area contributed by atoms with Crippen LogP contribution in [0.4, 0.5) is 0 Å². The molecule has 7 heteroatoms. The Morgan fingerprint density at radius 1 is 0.897 bits per heavy atom. The zero-order valence-corrected chi connectivity index (χ0v) is 37.8. The highest BCUT2D eigenvalue weighted by Gasteiger charge is 2.59. The molecule has 14 atom stereocenters. The van der Waals surface area contributed by atoms with Gasteiger partial charge in [0.05, 0.1) is 6.10 Å². The smallest absolute Gasteiger partial charge is 0.305 e. The van der Waals surface area contributed by atoms with Gasteiger partial charge < -0.3 is 29.5 Å². The Morgan fingerprint density at radius 3 is 2.31 bits per heavy atom. The van der Waals surface area contributed by atoms with Crippen molar-refractivity contribution in [2.75, 3.05) is 6.61 Å². The highest BCUT2D eigenvalue weighted by Crippen LogP contribution is 2.67. The molecule has 0 spiro atoms. The van der Waals surface area contributed by atoms with E-state index in [1.165, 1.54) is 94.6 Å². The summed E-state index contributed by atoms with van der Waals surface area (Å²) in [7, 11) is 0. The van der Waals surface area contributed by atoms with Gasteiger partial charge >= 0.3 is 5.97 Å². The van der Waals surface area contributed by atoms with E-state index in [0.29, 0.717) is 23.7 Å². The highest BCUT2D eigenvalue weighted by molar-refractivity contribution is 5.69. The van der Waals surface area contributed by atoms with Crippen LogP contribution in [0.3, 0.4) is 0 Å². The average molecular weight is 811 g/mol. The van der Waals surface area contributed by atoms with Crippen LogP contribution in [0.1, 0.15) is 189 Å². The molecule has 0 radical (unpaired) electrons. The number of carbonyl (C=O) groups excluding carboxylic acids is 1. The maximum absolute atomic E-state index is 12.6. The molecule has 0 amide bonds. The number of ether oxygens (including phenoxy) is 3. The standard InChI is InChI=1S/C51H86O7/c1-8-10-11-12-13-14-15-16-17-18-19-20-21-22-45(52)56-34-44-46(53)47(54)48(55)49(58-44)57-39-29-31-50(6)38(33-39)25-26-40-42-28-27-41(51(42,7)32-30-43(40)50)36(5)23-24-37(9-2)35(3)4/h14-15,25,36-37,39-44,46-49,53-55H,3,8-13,16-24,26-34H2,1-2,4-7H3/b15-14+/t36-,37+,39+,40+,41-,42+,43+,44-,46-,47+,48-,49-,50+,51-/m1/s1. The summed E-state index contributed by atoms with van der Waals surface area (Å²) in [4.78, 5) is 12.6. The third kappa shape index (κ3) is 11.7. The van der Waals surface area contributed by atoms with E-state index in [9.17, 15) is 20.1 Å². The lowest BCUT2D eigenvalue weighted by atomic mass is 9.47. The fraction of sp³-hybridized carbons (Fsp3) is 0.863. The predicted molar refractivity (Wildman–Crippen MR) is 235 cm³/mol. The van der Waals surface area contributed by atoms with Crippen molar-refractivity contribution >= 4 is 5.97 Å². The summed E-state index contributed by atoms with van der Waals surface area (Å²) in [6, 6.07) is 0. The summed E-state index contributed by atoms with van der Waals surface area (Å²) in [6.07, 6.45) is 26.8. The van der Waals surface area contributed by atoms with Gasteiger partial charge in [-0.3, -0.25) is 4.79 Å².